The normalized spacial score (nSPS) is 16.8. The van der Waals surface area contributed by atoms with E-state index in [-0.39, 0.29) is 11.4 Å². The minimum Gasteiger partial charge on any atom is -0.490 e. The highest BCUT2D eigenvalue weighted by molar-refractivity contribution is 6.32. The zero-order valence-electron chi connectivity index (χ0n) is 17.9. The molecular weight excluding hydrogens is 437 g/mol. The second-order valence-corrected chi connectivity index (χ2v) is 9.39. The van der Waals surface area contributed by atoms with Crippen molar-refractivity contribution in [3.05, 3.63) is 94.4 Å². The molecule has 4 aromatic rings. The molecule has 0 amide bonds. The molecule has 33 heavy (non-hydrogen) atoms. The number of hydrogen-bond donors (Lipinski definition) is 0. The summed E-state index contributed by atoms with van der Waals surface area (Å²) in [6.45, 7) is 2.04. The number of nitriles is 1. The van der Waals surface area contributed by atoms with Crippen LogP contribution in [-0.2, 0) is 13.1 Å². The maximum absolute atomic E-state index is 13.7. The van der Waals surface area contributed by atoms with Gasteiger partial charge in [0.2, 0.25) is 0 Å². The molecule has 0 N–H and O–H groups in total. The van der Waals surface area contributed by atoms with Gasteiger partial charge in [-0.15, -0.1) is 0 Å². The number of halogens is 2. The summed E-state index contributed by atoms with van der Waals surface area (Å²) in [7, 11) is 0. The lowest BCUT2D eigenvalue weighted by Gasteiger charge is -2.29. The van der Waals surface area contributed by atoms with Crippen LogP contribution in [0.4, 0.5) is 4.39 Å². The average Bonchev–Trinajstić information content (AvgIpc) is 3.52. The van der Waals surface area contributed by atoms with Crippen molar-refractivity contribution in [1.82, 2.24) is 9.47 Å². The van der Waals surface area contributed by atoms with Crippen LogP contribution in [0, 0.1) is 17.1 Å². The second-order valence-electron chi connectivity index (χ2n) is 8.99. The molecule has 0 saturated heterocycles. The van der Waals surface area contributed by atoms with E-state index in [0.29, 0.717) is 23.7 Å². The summed E-state index contributed by atoms with van der Waals surface area (Å²) in [6, 6.07) is 20.7. The molecule has 2 aliphatic rings. The summed E-state index contributed by atoms with van der Waals surface area (Å²) >= 11 is 6.72. The molecule has 164 valence electrons. The molecule has 0 unspecified atom stereocenters. The summed E-state index contributed by atoms with van der Waals surface area (Å²) < 4.78 is 21.9. The Morgan fingerprint density at radius 2 is 1.97 bits per heavy atom. The maximum atomic E-state index is 13.7. The lowest BCUT2D eigenvalue weighted by atomic mass is 10.1. The second kappa shape index (κ2) is 7.62. The van der Waals surface area contributed by atoms with Gasteiger partial charge in [0.05, 0.1) is 27.7 Å². The van der Waals surface area contributed by atoms with E-state index in [2.05, 4.69) is 23.1 Å². The van der Waals surface area contributed by atoms with E-state index in [9.17, 15) is 9.65 Å². The SMILES string of the molecule is N#Cc1cccc(CN2Cc3cc(-n4ccc5cc(F)ccc54)cc(Cl)c3OCC23CC3)c1. The largest absolute Gasteiger partial charge is 0.490 e. The highest BCUT2D eigenvalue weighted by Crippen LogP contribution is 2.48. The lowest BCUT2D eigenvalue weighted by Crippen LogP contribution is -2.39. The number of hydrogen-bond acceptors (Lipinski definition) is 3. The van der Waals surface area contributed by atoms with Crippen molar-refractivity contribution >= 4 is 22.5 Å². The van der Waals surface area contributed by atoms with Crippen LogP contribution in [0.3, 0.4) is 0 Å². The van der Waals surface area contributed by atoms with Gasteiger partial charge in [-0.05, 0) is 66.9 Å². The molecule has 1 aliphatic heterocycles. The van der Waals surface area contributed by atoms with Gasteiger partial charge in [-0.3, -0.25) is 4.90 Å². The number of benzene rings is 3. The first-order valence-corrected chi connectivity index (χ1v) is 11.4. The standard InChI is InChI=1S/C27H21ClFN3O/c28-24-13-23(32-9-6-20-11-22(29)4-5-25(20)32)12-21-16-31(27(7-8-27)17-33-26(21)24)15-19-3-1-2-18(10-19)14-30/h1-6,9-13H,7-8,15-17H2. The first kappa shape index (κ1) is 20.3. The fourth-order valence-corrected chi connectivity index (χ4v) is 5.14. The quantitative estimate of drug-likeness (QED) is 0.366. The molecule has 2 heterocycles. The third-order valence-electron chi connectivity index (χ3n) is 6.81. The lowest BCUT2D eigenvalue weighted by molar-refractivity contribution is 0.119. The summed E-state index contributed by atoms with van der Waals surface area (Å²) in [5, 5.41) is 10.7. The predicted octanol–water partition coefficient (Wildman–Crippen LogP) is 6.22. The number of nitrogens with zero attached hydrogens (tertiary/aromatic N) is 3. The monoisotopic (exact) mass is 457 g/mol. The Balaban J connectivity index is 1.39. The van der Waals surface area contributed by atoms with Crippen molar-refractivity contribution < 1.29 is 9.13 Å². The Morgan fingerprint density at radius 3 is 2.79 bits per heavy atom. The van der Waals surface area contributed by atoms with Gasteiger partial charge in [0.15, 0.2) is 0 Å². The third kappa shape index (κ3) is 3.56. The molecule has 3 aromatic carbocycles. The van der Waals surface area contributed by atoms with Gasteiger partial charge in [-0.25, -0.2) is 4.39 Å². The number of fused-ring (bicyclic) bond motifs is 2. The molecule has 1 aliphatic carbocycles. The minimum absolute atomic E-state index is 0.00281. The van der Waals surface area contributed by atoms with Gasteiger partial charge in [0.25, 0.3) is 0 Å². The van der Waals surface area contributed by atoms with Crippen LogP contribution >= 0.6 is 11.6 Å². The van der Waals surface area contributed by atoms with Crippen molar-refractivity contribution in [2.45, 2.75) is 31.5 Å². The molecule has 0 bridgehead atoms. The first-order valence-electron chi connectivity index (χ1n) is 11.0. The van der Waals surface area contributed by atoms with Gasteiger partial charge in [-0.1, -0.05) is 23.7 Å². The van der Waals surface area contributed by atoms with E-state index in [1.807, 2.05) is 41.1 Å². The van der Waals surface area contributed by atoms with E-state index >= 15 is 0 Å². The Morgan fingerprint density at radius 1 is 1.09 bits per heavy atom. The Kier molecular flexibility index (Phi) is 4.69. The maximum Gasteiger partial charge on any atom is 0.142 e. The number of aromatic nitrogens is 1. The van der Waals surface area contributed by atoms with Crippen LogP contribution in [0.1, 0.15) is 29.5 Å². The van der Waals surface area contributed by atoms with Crippen molar-refractivity contribution in [2.24, 2.45) is 0 Å². The van der Waals surface area contributed by atoms with Gasteiger partial charge in [0, 0.05) is 35.9 Å². The number of rotatable bonds is 3. The third-order valence-corrected chi connectivity index (χ3v) is 7.09. The van der Waals surface area contributed by atoms with Crippen LogP contribution in [0.25, 0.3) is 16.6 Å². The highest BCUT2D eigenvalue weighted by atomic mass is 35.5. The Hall–Kier alpha value is -3.33. The molecule has 1 fully saturated rings. The van der Waals surface area contributed by atoms with E-state index in [1.165, 1.54) is 12.1 Å². The molecule has 1 saturated carbocycles. The van der Waals surface area contributed by atoms with Crippen molar-refractivity contribution in [3.8, 4) is 17.5 Å². The molecular formula is C27H21ClFN3O. The molecule has 1 aromatic heterocycles. The topological polar surface area (TPSA) is 41.2 Å². The Bertz CT molecular complexity index is 1430. The highest BCUT2D eigenvalue weighted by Gasteiger charge is 2.50. The average molecular weight is 458 g/mol. The summed E-state index contributed by atoms with van der Waals surface area (Å²) in [6.07, 6.45) is 4.10. The molecule has 6 heteroatoms. The molecule has 0 atom stereocenters. The van der Waals surface area contributed by atoms with Gasteiger partial charge < -0.3 is 9.30 Å². The summed E-state index contributed by atoms with van der Waals surface area (Å²) in [4.78, 5) is 2.46. The van der Waals surface area contributed by atoms with Crippen molar-refractivity contribution in [2.75, 3.05) is 6.61 Å². The van der Waals surface area contributed by atoms with Crippen molar-refractivity contribution in [1.29, 1.82) is 5.26 Å². The van der Waals surface area contributed by atoms with Crippen LogP contribution in [-0.4, -0.2) is 21.6 Å². The Labute approximate surface area is 196 Å². The number of ether oxygens (including phenoxy) is 1. The van der Waals surface area contributed by atoms with Crippen LogP contribution in [0.2, 0.25) is 5.02 Å². The van der Waals surface area contributed by atoms with E-state index in [0.717, 1.165) is 52.9 Å². The summed E-state index contributed by atoms with van der Waals surface area (Å²) in [5.74, 6) is 0.488. The predicted molar refractivity (Wildman–Crippen MR) is 126 cm³/mol. The minimum atomic E-state index is -0.251. The van der Waals surface area contributed by atoms with Gasteiger partial charge >= 0.3 is 0 Å². The van der Waals surface area contributed by atoms with Crippen LogP contribution in [0.15, 0.2) is 66.9 Å². The molecule has 4 nitrogen and oxygen atoms in total. The van der Waals surface area contributed by atoms with Crippen molar-refractivity contribution in [3.63, 3.8) is 0 Å². The van der Waals surface area contributed by atoms with Crippen LogP contribution in [0.5, 0.6) is 5.75 Å². The zero-order chi connectivity index (χ0) is 22.6. The first-order chi connectivity index (χ1) is 16.0. The van der Waals surface area contributed by atoms with Gasteiger partial charge in [-0.2, -0.15) is 5.26 Å². The fourth-order valence-electron chi connectivity index (χ4n) is 4.85. The van der Waals surface area contributed by atoms with Crippen LogP contribution < -0.4 is 4.74 Å². The summed E-state index contributed by atoms with van der Waals surface area (Å²) in [5.41, 5.74) is 4.66. The fraction of sp³-hybridized carbons (Fsp3) is 0.222. The molecule has 1 spiro atoms. The molecule has 0 radical (unpaired) electrons. The van der Waals surface area contributed by atoms with E-state index in [4.69, 9.17) is 16.3 Å². The van der Waals surface area contributed by atoms with E-state index in [1.54, 1.807) is 6.07 Å². The zero-order valence-corrected chi connectivity index (χ0v) is 18.6. The van der Waals surface area contributed by atoms with E-state index < -0.39 is 0 Å². The van der Waals surface area contributed by atoms with Gasteiger partial charge in [0.1, 0.15) is 18.2 Å². The molecule has 6 rings (SSSR count). The smallest absolute Gasteiger partial charge is 0.142 e.